The summed E-state index contributed by atoms with van der Waals surface area (Å²) in [4.78, 5) is 15.8. The number of hydrogen-bond donors (Lipinski definition) is 1. The minimum atomic E-state index is -0.358. The van der Waals surface area contributed by atoms with Crippen LogP contribution in [0.15, 0.2) is 82.5 Å². The van der Waals surface area contributed by atoms with Crippen LogP contribution >= 0.6 is 15.9 Å². The summed E-state index contributed by atoms with van der Waals surface area (Å²) >= 11 is 3.49. The summed E-state index contributed by atoms with van der Waals surface area (Å²) in [7, 11) is 0. The minimum Gasteiger partial charge on any atom is -0.488 e. The zero-order chi connectivity index (χ0) is 18.2. The number of nitrogens with one attached hydrogen (secondary N) is 1. The van der Waals surface area contributed by atoms with Gasteiger partial charge >= 0.3 is 0 Å². The van der Waals surface area contributed by atoms with Crippen molar-refractivity contribution < 1.29 is 9.53 Å². The number of carbonyl (C=O) groups is 1. The van der Waals surface area contributed by atoms with Crippen LogP contribution in [0.4, 0.5) is 0 Å². The fraction of sp³-hybridized carbons (Fsp3) is 0.0500. The number of rotatable bonds is 6. The molecule has 2 aromatic carbocycles. The Labute approximate surface area is 159 Å². The topological polar surface area (TPSA) is 63.6 Å². The third-order valence-corrected chi connectivity index (χ3v) is 4.09. The Bertz CT molecular complexity index is 899. The largest absolute Gasteiger partial charge is 0.488 e. The second-order valence-corrected chi connectivity index (χ2v) is 6.23. The van der Waals surface area contributed by atoms with Crippen LogP contribution < -0.4 is 10.2 Å². The average molecular weight is 410 g/mol. The molecule has 5 nitrogen and oxygen atoms in total. The van der Waals surface area contributed by atoms with Gasteiger partial charge in [-0.3, -0.25) is 9.78 Å². The lowest BCUT2D eigenvalue weighted by molar-refractivity contribution is 0.0950. The Morgan fingerprint density at radius 3 is 2.65 bits per heavy atom. The molecular weight excluding hydrogens is 394 g/mol. The normalized spacial score (nSPS) is 10.7. The number of nitrogens with zero attached hydrogens (tertiary/aromatic N) is 2. The summed E-state index contributed by atoms with van der Waals surface area (Å²) in [6, 6.07) is 20.7. The van der Waals surface area contributed by atoms with Gasteiger partial charge in [0.05, 0.1) is 10.7 Å². The van der Waals surface area contributed by atoms with Crippen molar-refractivity contribution in [2.75, 3.05) is 0 Å². The number of ether oxygens (including phenoxy) is 1. The van der Waals surface area contributed by atoms with Gasteiger partial charge in [0.2, 0.25) is 0 Å². The summed E-state index contributed by atoms with van der Waals surface area (Å²) < 4.78 is 6.62. The molecule has 0 aliphatic heterocycles. The molecule has 0 radical (unpaired) electrons. The van der Waals surface area contributed by atoms with Crippen LogP contribution in [0.5, 0.6) is 5.75 Å². The maximum Gasteiger partial charge on any atom is 0.289 e. The van der Waals surface area contributed by atoms with Crippen molar-refractivity contribution in [1.29, 1.82) is 0 Å². The van der Waals surface area contributed by atoms with Crippen molar-refractivity contribution in [3.05, 3.63) is 94.2 Å². The van der Waals surface area contributed by atoms with E-state index in [1.165, 1.54) is 0 Å². The van der Waals surface area contributed by atoms with Crippen LogP contribution in [-0.2, 0) is 6.61 Å². The first-order valence-corrected chi connectivity index (χ1v) is 8.72. The number of pyridine rings is 1. The Morgan fingerprint density at radius 2 is 1.92 bits per heavy atom. The number of amides is 1. The van der Waals surface area contributed by atoms with Crippen LogP contribution in [0.3, 0.4) is 0 Å². The smallest absolute Gasteiger partial charge is 0.289 e. The second kappa shape index (κ2) is 8.92. The van der Waals surface area contributed by atoms with E-state index in [4.69, 9.17) is 4.74 Å². The molecule has 1 amide bonds. The zero-order valence-electron chi connectivity index (χ0n) is 13.8. The van der Waals surface area contributed by atoms with E-state index in [0.717, 1.165) is 21.3 Å². The SMILES string of the molecule is O=C(N/N=C\c1ccc(OCc2ccccc2)c(Br)c1)c1ccccn1. The summed E-state index contributed by atoms with van der Waals surface area (Å²) in [6.45, 7) is 0.493. The Kier molecular flexibility index (Phi) is 6.11. The van der Waals surface area contributed by atoms with Crippen LogP contribution in [0.25, 0.3) is 0 Å². The predicted octanol–water partition coefficient (Wildman–Crippen LogP) is 4.19. The molecule has 1 aromatic heterocycles. The van der Waals surface area contributed by atoms with Gasteiger partial charge in [0.1, 0.15) is 18.1 Å². The molecule has 0 spiro atoms. The van der Waals surface area contributed by atoms with Crippen LogP contribution in [-0.4, -0.2) is 17.1 Å². The van der Waals surface area contributed by atoms with Crippen LogP contribution in [0, 0.1) is 0 Å². The monoisotopic (exact) mass is 409 g/mol. The summed E-state index contributed by atoms with van der Waals surface area (Å²) in [5.74, 6) is 0.382. The predicted molar refractivity (Wildman–Crippen MR) is 104 cm³/mol. The maximum absolute atomic E-state index is 11.9. The molecule has 0 atom stereocenters. The molecular formula is C20H16BrN3O2. The van der Waals surface area contributed by atoms with E-state index < -0.39 is 0 Å². The van der Waals surface area contributed by atoms with Crippen molar-refractivity contribution in [2.24, 2.45) is 5.10 Å². The molecule has 0 unspecified atom stereocenters. The fourth-order valence-corrected chi connectivity index (χ4v) is 2.68. The van der Waals surface area contributed by atoms with E-state index in [2.05, 4.69) is 31.4 Å². The number of aromatic nitrogens is 1. The van der Waals surface area contributed by atoms with Crippen molar-refractivity contribution in [3.8, 4) is 5.75 Å². The van der Waals surface area contributed by atoms with Crippen molar-refractivity contribution in [3.63, 3.8) is 0 Å². The molecule has 0 aliphatic rings. The number of hydrogen-bond acceptors (Lipinski definition) is 4. The summed E-state index contributed by atoms with van der Waals surface area (Å²) in [6.07, 6.45) is 3.12. The molecule has 1 N–H and O–H groups in total. The Hall–Kier alpha value is -2.99. The summed E-state index contributed by atoms with van der Waals surface area (Å²) in [5.41, 5.74) is 4.69. The number of halogens is 1. The Morgan fingerprint density at radius 1 is 1.12 bits per heavy atom. The minimum absolute atomic E-state index is 0.315. The van der Waals surface area contributed by atoms with Gasteiger partial charge in [-0.05, 0) is 57.4 Å². The quantitative estimate of drug-likeness (QED) is 0.490. The Balaban J connectivity index is 1.58. The van der Waals surface area contributed by atoms with Crippen molar-refractivity contribution >= 4 is 28.1 Å². The molecule has 0 fully saturated rings. The lowest BCUT2D eigenvalue weighted by Gasteiger charge is -2.08. The van der Waals surface area contributed by atoms with E-state index in [0.29, 0.717) is 12.3 Å². The molecule has 26 heavy (non-hydrogen) atoms. The van der Waals surface area contributed by atoms with Gasteiger partial charge in [-0.2, -0.15) is 5.10 Å². The molecule has 6 heteroatoms. The molecule has 0 saturated heterocycles. The number of hydrazone groups is 1. The molecule has 1 heterocycles. The maximum atomic E-state index is 11.9. The van der Waals surface area contributed by atoms with Gasteiger partial charge in [0.15, 0.2) is 0 Å². The lowest BCUT2D eigenvalue weighted by Crippen LogP contribution is -2.18. The van der Waals surface area contributed by atoms with E-state index in [1.54, 1.807) is 30.6 Å². The van der Waals surface area contributed by atoms with Gasteiger partial charge in [0, 0.05) is 6.20 Å². The highest BCUT2D eigenvalue weighted by molar-refractivity contribution is 9.10. The third kappa shape index (κ3) is 5.00. The van der Waals surface area contributed by atoms with E-state index in [9.17, 15) is 4.79 Å². The van der Waals surface area contributed by atoms with Crippen LogP contribution in [0.2, 0.25) is 0 Å². The van der Waals surface area contributed by atoms with Crippen LogP contribution in [0.1, 0.15) is 21.6 Å². The molecule has 0 saturated carbocycles. The van der Waals surface area contributed by atoms with E-state index >= 15 is 0 Å². The molecule has 0 bridgehead atoms. The highest BCUT2D eigenvalue weighted by Gasteiger charge is 2.05. The lowest BCUT2D eigenvalue weighted by atomic mass is 10.2. The van der Waals surface area contributed by atoms with Gasteiger partial charge in [-0.1, -0.05) is 36.4 Å². The first-order valence-electron chi connectivity index (χ1n) is 7.93. The molecule has 0 aliphatic carbocycles. The van der Waals surface area contributed by atoms with Gasteiger partial charge in [-0.25, -0.2) is 5.43 Å². The summed E-state index contributed by atoms with van der Waals surface area (Å²) in [5, 5.41) is 3.96. The van der Waals surface area contributed by atoms with Gasteiger partial charge in [0.25, 0.3) is 5.91 Å². The second-order valence-electron chi connectivity index (χ2n) is 5.38. The van der Waals surface area contributed by atoms with Gasteiger partial charge < -0.3 is 4.74 Å². The average Bonchev–Trinajstić information content (AvgIpc) is 2.69. The molecule has 130 valence electrons. The molecule has 3 aromatic rings. The molecule has 3 rings (SSSR count). The standard InChI is InChI=1S/C20H16BrN3O2/c21-17-12-16(13-23-24-20(25)18-8-4-5-11-22-18)9-10-19(17)26-14-15-6-2-1-3-7-15/h1-13H,14H2,(H,24,25)/b23-13-. The van der Waals surface area contributed by atoms with E-state index in [-0.39, 0.29) is 5.91 Å². The zero-order valence-corrected chi connectivity index (χ0v) is 15.4. The highest BCUT2D eigenvalue weighted by atomic mass is 79.9. The fourth-order valence-electron chi connectivity index (χ4n) is 2.17. The number of benzene rings is 2. The van der Waals surface area contributed by atoms with Crippen molar-refractivity contribution in [1.82, 2.24) is 10.4 Å². The highest BCUT2D eigenvalue weighted by Crippen LogP contribution is 2.26. The first-order chi connectivity index (χ1) is 12.7. The number of carbonyl (C=O) groups excluding carboxylic acids is 1. The van der Waals surface area contributed by atoms with E-state index in [1.807, 2.05) is 48.5 Å². The van der Waals surface area contributed by atoms with Gasteiger partial charge in [-0.15, -0.1) is 0 Å². The third-order valence-electron chi connectivity index (χ3n) is 3.47. The first kappa shape index (κ1) is 17.8. The van der Waals surface area contributed by atoms with Crippen molar-refractivity contribution in [2.45, 2.75) is 6.61 Å².